The lowest BCUT2D eigenvalue weighted by atomic mass is 9.94. The van der Waals surface area contributed by atoms with Gasteiger partial charge < -0.3 is 19.3 Å². The highest BCUT2D eigenvalue weighted by Gasteiger charge is 2.28. The maximum atomic E-state index is 12.5. The molecule has 0 bridgehead atoms. The first kappa shape index (κ1) is 20.4. The fourth-order valence-electron chi connectivity index (χ4n) is 3.22. The van der Waals surface area contributed by atoms with Crippen molar-refractivity contribution < 1.29 is 33.7 Å². The van der Waals surface area contributed by atoms with E-state index in [1.807, 2.05) is 0 Å². The summed E-state index contributed by atoms with van der Waals surface area (Å²) in [5, 5.41) is 9.75. The zero-order valence-corrected chi connectivity index (χ0v) is 16.0. The summed E-state index contributed by atoms with van der Waals surface area (Å²) in [6, 6.07) is 12.6. The lowest BCUT2D eigenvalue weighted by molar-refractivity contribution is -0.131. The Kier molecular flexibility index (Phi) is 6.49. The lowest BCUT2D eigenvalue weighted by Gasteiger charge is -2.28. The summed E-state index contributed by atoms with van der Waals surface area (Å²) in [5.41, 5.74) is 0.318. The van der Waals surface area contributed by atoms with Gasteiger partial charge in [0.15, 0.2) is 0 Å². The third kappa shape index (κ3) is 5.34. The van der Waals surface area contributed by atoms with Gasteiger partial charge in [0, 0.05) is 6.92 Å². The molecule has 1 aliphatic rings. The first-order chi connectivity index (χ1) is 13.9. The summed E-state index contributed by atoms with van der Waals surface area (Å²) in [7, 11) is 0. The number of carbonyl (C=O) groups is 3. The highest BCUT2D eigenvalue weighted by Crippen LogP contribution is 2.27. The zero-order valence-electron chi connectivity index (χ0n) is 16.0. The predicted octanol–water partition coefficient (Wildman–Crippen LogP) is 3.64. The van der Waals surface area contributed by atoms with Crippen molar-refractivity contribution in [1.82, 2.24) is 0 Å². The number of phenolic OH excluding ortho intramolecular Hbond substituents is 1. The molecule has 152 valence electrons. The van der Waals surface area contributed by atoms with E-state index in [9.17, 15) is 19.5 Å². The highest BCUT2D eigenvalue weighted by atomic mass is 16.6. The molecule has 7 heteroatoms. The van der Waals surface area contributed by atoms with Crippen LogP contribution in [0.3, 0.4) is 0 Å². The van der Waals surface area contributed by atoms with Crippen molar-refractivity contribution in [1.29, 1.82) is 0 Å². The van der Waals surface area contributed by atoms with Crippen molar-refractivity contribution in [2.75, 3.05) is 0 Å². The number of aromatic hydroxyl groups is 1. The van der Waals surface area contributed by atoms with E-state index in [0.717, 1.165) is 0 Å². The highest BCUT2D eigenvalue weighted by molar-refractivity contribution is 5.93. The van der Waals surface area contributed by atoms with Crippen LogP contribution in [-0.4, -0.2) is 35.2 Å². The predicted molar refractivity (Wildman–Crippen MR) is 103 cm³/mol. The molecule has 0 unspecified atom stereocenters. The van der Waals surface area contributed by atoms with E-state index < -0.39 is 17.9 Å². The van der Waals surface area contributed by atoms with Gasteiger partial charge in [-0.3, -0.25) is 4.79 Å². The standard InChI is InChI=1S/C22H22O7/c1-14(23)27-20-9-5-3-7-18(20)22(26)29-16-12-10-15(11-13-16)28-21(25)17-6-2-4-8-19(17)24/h2-9,15-16,24H,10-13H2,1H3. The molecule has 0 saturated heterocycles. The van der Waals surface area contributed by atoms with Crippen LogP contribution >= 0.6 is 0 Å². The molecular formula is C22H22O7. The number of carbonyl (C=O) groups excluding carboxylic acids is 3. The number of phenols is 1. The van der Waals surface area contributed by atoms with Gasteiger partial charge in [-0.05, 0) is 49.9 Å². The molecule has 0 aliphatic heterocycles. The molecule has 3 rings (SSSR count). The number of hydrogen-bond donors (Lipinski definition) is 1. The Morgan fingerprint density at radius 1 is 0.793 bits per heavy atom. The minimum atomic E-state index is -0.571. The Hall–Kier alpha value is -3.35. The maximum absolute atomic E-state index is 12.5. The van der Waals surface area contributed by atoms with Crippen molar-refractivity contribution in [2.24, 2.45) is 0 Å². The summed E-state index contributed by atoms with van der Waals surface area (Å²) >= 11 is 0. The summed E-state index contributed by atoms with van der Waals surface area (Å²) in [6.07, 6.45) is 1.56. The first-order valence-corrected chi connectivity index (χ1v) is 9.41. The van der Waals surface area contributed by atoms with Crippen LogP contribution in [0.4, 0.5) is 0 Å². The van der Waals surface area contributed by atoms with Crippen molar-refractivity contribution in [3.63, 3.8) is 0 Å². The molecule has 7 nitrogen and oxygen atoms in total. The van der Waals surface area contributed by atoms with Crippen LogP contribution in [0.5, 0.6) is 11.5 Å². The molecule has 0 radical (unpaired) electrons. The maximum Gasteiger partial charge on any atom is 0.342 e. The molecule has 0 aromatic heterocycles. The number of para-hydroxylation sites is 2. The Bertz CT molecular complexity index is 898. The minimum absolute atomic E-state index is 0.119. The molecule has 29 heavy (non-hydrogen) atoms. The average Bonchev–Trinajstić information content (AvgIpc) is 2.69. The van der Waals surface area contributed by atoms with E-state index in [4.69, 9.17) is 14.2 Å². The SMILES string of the molecule is CC(=O)Oc1ccccc1C(=O)OC1CCC(OC(=O)c2ccccc2O)CC1. The van der Waals surface area contributed by atoms with E-state index in [2.05, 4.69) is 0 Å². The number of esters is 3. The van der Waals surface area contributed by atoms with Gasteiger partial charge >= 0.3 is 17.9 Å². The fourth-order valence-corrected chi connectivity index (χ4v) is 3.22. The van der Waals surface area contributed by atoms with Crippen LogP contribution in [0.2, 0.25) is 0 Å². The molecule has 0 heterocycles. The van der Waals surface area contributed by atoms with Crippen molar-refractivity contribution in [3.8, 4) is 11.5 Å². The molecule has 2 aromatic carbocycles. The second-order valence-electron chi connectivity index (χ2n) is 6.82. The quantitative estimate of drug-likeness (QED) is 0.606. The number of hydrogen-bond acceptors (Lipinski definition) is 7. The second kappa shape index (κ2) is 9.23. The lowest BCUT2D eigenvalue weighted by Crippen LogP contribution is -2.30. The van der Waals surface area contributed by atoms with Gasteiger partial charge in [0.05, 0.1) is 0 Å². The summed E-state index contributed by atoms with van der Waals surface area (Å²) < 4.78 is 16.1. The first-order valence-electron chi connectivity index (χ1n) is 9.41. The van der Waals surface area contributed by atoms with Gasteiger partial charge in [-0.15, -0.1) is 0 Å². The Balaban J connectivity index is 1.53. The number of rotatable bonds is 5. The Labute approximate surface area is 168 Å². The van der Waals surface area contributed by atoms with Crippen molar-refractivity contribution in [2.45, 2.75) is 44.8 Å². The minimum Gasteiger partial charge on any atom is -0.507 e. The molecule has 1 aliphatic carbocycles. The van der Waals surface area contributed by atoms with Gasteiger partial charge in [0.1, 0.15) is 34.8 Å². The fraction of sp³-hybridized carbons (Fsp3) is 0.318. The van der Waals surface area contributed by atoms with Gasteiger partial charge in [-0.25, -0.2) is 9.59 Å². The summed E-state index contributed by atoms with van der Waals surface area (Å²) in [4.78, 5) is 35.9. The normalized spacial score (nSPS) is 18.5. The Morgan fingerprint density at radius 2 is 1.28 bits per heavy atom. The van der Waals surface area contributed by atoms with Gasteiger partial charge in [0.2, 0.25) is 0 Å². The second-order valence-corrected chi connectivity index (χ2v) is 6.82. The van der Waals surface area contributed by atoms with Gasteiger partial charge in [0.25, 0.3) is 0 Å². The number of ether oxygens (including phenoxy) is 3. The van der Waals surface area contributed by atoms with E-state index >= 15 is 0 Å². The van der Waals surface area contributed by atoms with E-state index in [-0.39, 0.29) is 34.8 Å². The smallest absolute Gasteiger partial charge is 0.342 e. The zero-order chi connectivity index (χ0) is 20.8. The summed E-state index contributed by atoms with van der Waals surface area (Å²) in [6.45, 7) is 1.26. The van der Waals surface area contributed by atoms with E-state index in [1.54, 1.807) is 30.3 Å². The molecule has 1 N–H and O–H groups in total. The molecule has 1 fully saturated rings. The topological polar surface area (TPSA) is 99.1 Å². The van der Waals surface area contributed by atoms with Crippen LogP contribution in [0.25, 0.3) is 0 Å². The number of benzene rings is 2. The molecule has 0 amide bonds. The van der Waals surface area contributed by atoms with Crippen molar-refractivity contribution >= 4 is 17.9 Å². The molecular weight excluding hydrogens is 376 g/mol. The third-order valence-corrected chi connectivity index (χ3v) is 4.65. The van der Waals surface area contributed by atoms with Crippen LogP contribution in [0, 0.1) is 0 Å². The molecule has 0 atom stereocenters. The Morgan fingerprint density at radius 3 is 1.83 bits per heavy atom. The average molecular weight is 398 g/mol. The third-order valence-electron chi connectivity index (χ3n) is 4.65. The van der Waals surface area contributed by atoms with Crippen LogP contribution in [0.1, 0.15) is 53.3 Å². The van der Waals surface area contributed by atoms with Gasteiger partial charge in [-0.1, -0.05) is 24.3 Å². The monoisotopic (exact) mass is 398 g/mol. The van der Waals surface area contributed by atoms with Crippen LogP contribution < -0.4 is 4.74 Å². The van der Waals surface area contributed by atoms with E-state index in [1.165, 1.54) is 25.1 Å². The van der Waals surface area contributed by atoms with E-state index in [0.29, 0.717) is 25.7 Å². The summed E-state index contributed by atoms with van der Waals surface area (Å²) in [5.74, 6) is -1.60. The molecule has 1 saturated carbocycles. The molecule has 0 spiro atoms. The van der Waals surface area contributed by atoms with Crippen LogP contribution in [0.15, 0.2) is 48.5 Å². The van der Waals surface area contributed by atoms with Gasteiger partial charge in [-0.2, -0.15) is 0 Å². The largest absolute Gasteiger partial charge is 0.507 e. The molecule has 2 aromatic rings. The van der Waals surface area contributed by atoms with Crippen molar-refractivity contribution in [3.05, 3.63) is 59.7 Å². The van der Waals surface area contributed by atoms with Crippen LogP contribution in [-0.2, 0) is 14.3 Å².